The van der Waals surface area contributed by atoms with Crippen LogP contribution in [0.4, 0.5) is 0 Å². The highest BCUT2D eigenvalue weighted by atomic mass is 16.6. The van der Waals surface area contributed by atoms with Crippen molar-refractivity contribution >= 4 is 5.97 Å². The number of ether oxygens (including phenoxy) is 1. The molecule has 140 valence electrons. The summed E-state index contributed by atoms with van der Waals surface area (Å²) >= 11 is 0. The maximum Gasteiger partial charge on any atom is 0.306 e. The van der Waals surface area contributed by atoms with E-state index in [4.69, 9.17) is 4.74 Å². The van der Waals surface area contributed by atoms with Gasteiger partial charge in [-0.2, -0.15) is 0 Å². The van der Waals surface area contributed by atoms with E-state index in [1.807, 2.05) is 25.1 Å². The summed E-state index contributed by atoms with van der Waals surface area (Å²) in [5.74, 6) is 0.157. The van der Waals surface area contributed by atoms with Crippen molar-refractivity contribution in [2.45, 2.75) is 51.7 Å². The Morgan fingerprint density at radius 3 is 2.56 bits per heavy atom. The molecule has 4 heteroatoms. The van der Waals surface area contributed by atoms with E-state index in [9.17, 15) is 4.79 Å². The molecule has 1 saturated heterocycles. The lowest BCUT2D eigenvalue weighted by atomic mass is 9.74. The summed E-state index contributed by atoms with van der Waals surface area (Å²) in [5.41, 5.74) is 0.621. The zero-order valence-electron chi connectivity index (χ0n) is 16.5. The minimum atomic E-state index is -0.508. The summed E-state index contributed by atoms with van der Waals surface area (Å²) in [7, 11) is 4.24. The fourth-order valence-corrected chi connectivity index (χ4v) is 3.95. The molecule has 3 atom stereocenters. The first-order chi connectivity index (χ1) is 11.9. The predicted molar refractivity (Wildman–Crippen MR) is 102 cm³/mol. The third-order valence-corrected chi connectivity index (χ3v) is 5.42. The number of likely N-dealkylation sites (tertiary alicyclic amines) is 1. The maximum absolute atomic E-state index is 12.2. The van der Waals surface area contributed by atoms with Crippen LogP contribution in [0.2, 0.25) is 0 Å². The molecular weight excluding hydrogens is 312 g/mol. The van der Waals surface area contributed by atoms with E-state index in [2.05, 4.69) is 49.9 Å². The summed E-state index contributed by atoms with van der Waals surface area (Å²) in [6.07, 6.45) is 2.44. The molecule has 1 aliphatic rings. The van der Waals surface area contributed by atoms with Crippen molar-refractivity contribution in [2.75, 3.05) is 33.7 Å². The van der Waals surface area contributed by atoms with Crippen LogP contribution in [0.1, 0.15) is 45.6 Å². The van der Waals surface area contributed by atoms with Gasteiger partial charge in [0.2, 0.25) is 0 Å². The largest absolute Gasteiger partial charge is 0.454 e. The van der Waals surface area contributed by atoms with Gasteiger partial charge in [-0.3, -0.25) is 4.79 Å². The van der Waals surface area contributed by atoms with Crippen LogP contribution in [0.3, 0.4) is 0 Å². The highest BCUT2D eigenvalue weighted by Crippen LogP contribution is 2.43. The number of hydrogen-bond acceptors (Lipinski definition) is 4. The van der Waals surface area contributed by atoms with Crippen LogP contribution in [-0.2, 0) is 15.1 Å². The molecule has 0 saturated carbocycles. The number of carbonyl (C=O) groups excluding carboxylic acids is 1. The maximum atomic E-state index is 12.2. The van der Waals surface area contributed by atoms with E-state index in [0.29, 0.717) is 12.5 Å². The first-order valence-electron chi connectivity index (χ1n) is 9.55. The minimum absolute atomic E-state index is 0.107. The average molecular weight is 347 g/mol. The van der Waals surface area contributed by atoms with Crippen molar-refractivity contribution in [2.24, 2.45) is 5.92 Å². The van der Waals surface area contributed by atoms with Gasteiger partial charge in [0.15, 0.2) is 0 Å². The smallest absolute Gasteiger partial charge is 0.306 e. The zero-order valence-corrected chi connectivity index (χ0v) is 16.5. The van der Waals surface area contributed by atoms with Gasteiger partial charge in [0, 0.05) is 31.3 Å². The fourth-order valence-electron chi connectivity index (χ4n) is 3.95. The third kappa shape index (κ3) is 4.83. The van der Waals surface area contributed by atoms with E-state index in [1.165, 1.54) is 0 Å². The van der Waals surface area contributed by atoms with E-state index in [1.54, 1.807) is 0 Å². The van der Waals surface area contributed by atoms with Crippen LogP contribution in [0.15, 0.2) is 30.3 Å². The lowest BCUT2D eigenvalue weighted by molar-refractivity contribution is -0.178. The van der Waals surface area contributed by atoms with E-state index < -0.39 is 5.60 Å². The molecule has 0 aromatic heterocycles. The molecule has 0 amide bonds. The van der Waals surface area contributed by atoms with Crippen molar-refractivity contribution in [3.8, 4) is 0 Å². The number of carbonyl (C=O) groups is 1. The average Bonchev–Trinajstić information content (AvgIpc) is 2.59. The summed E-state index contributed by atoms with van der Waals surface area (Å²) < 4.78 is 6.11. The van der Waals surface area contributed by atoms with Gasteiger partial charge in [0.25, 0.3) is 0 Å². The number of nitrogens with zero attached hydrogens (tertiary/aromatic N) is 2. The van der Waals surface area contributed by atoms with E-state index in [-0.39, 0.29) is 11.9 Å². The monoisotopic (exact) mass is 346 g/mol. The van der Waals surface area contributed by atoms with Crippen LogP contribution in [0, 0.1) is 5.92 Å². The van der Waals surface area contributed by atoms with Gasteiger partial charge in [-0.1, -0.05) is 44.2 Å². The van der Waals surface area contributed by atoms with E-state index in [0.717, 1.165) is 38.0 Å². The fraction of sp³-hybridized carbons (Fsp3) is 0.667. The molecule has 0 bridgehead atoms. The molecule has 0 aliphatic carbocycles. The summed E-state index contributed by atoms with van der Waals surface area (Å²) in [6, 6.07) is 10.7. The third-order valence-electron chi connectivity index (χ3n) is 5.42. The van der Waals surface area contributed by atoms with Crippen LogP contribution in [0.5, 0.6) is 0 Å². The lowest BCUT2D eigenvalue weighted by Crippen LogP contribution is -2.55. The summed E-state index contributed by atoms with van der Waals surface area (Å²) in [4.78, 5) is 17.0. The Morgan fingerprint density at radius 1 is 1.28 bits per heavy atom. The van der Waals surface area contributed by atoms with Gasteiger partial charge in [0.05, 0.1) is 0 Å². The zero-order chi connectivity index (χ0) is 18.4. The number of rotatable bonds is 7. The Morgan fingerprint density at radius 2 is 1.96 bits per heavy atom. The Bertz CT molecular complexity index is 546. The molecule has 25 heavy (non-hydrogen) atoms. The van der Waals surface area contributed by atoms with Gasteiger partial charge in [0.1, 0.15) is 5.60 Å². The van der Waals surface area contributed by atoms with Crippen molar-refractivity contribution in [3.63, 3.8) is 0 Å². The second kappa shape index (κ2) is 8.81. The molecule has 1 aromatic carbocycles. The highest BCUT2D eigenvalue weighted by Gasteiger charge is 2.47. The molecular formula is C21H34N2O2. The second-order valence-electron chi connectivity index (χ2n) is 7.69. The molecule has 1 aliphatic heterocycles. The molecule has 3 unspecified atom stereocenters. The molecule has 0 N–H and O–H groups in total. The predicted octanol–water partition coefficient (Wildman–Crippen LogP) is 3.52. The molecule has 1 aromatic rings. The minimum Gasteiger partial charge on any atom is -0.454 e. The van der Waals surface area contributed by atoms with Gasteiger partial charge >= 0.3 is 5.97 Å². The Hall–Kier alpha value is -1.39. The van der Waals surface area contributed by atoms with Crippen molar-refractivity contribution < 1.29 is 9.53 Å². The molecule has 0 radical (unpaired) electrons. The summed E-state index contributed by atoms with van der Waals surface area (Å²) in [5, 5.41) is 0. The first kappa shape index (κ1) is 19.9. The number of piperidine rings is 1. The number of esters is 1. The van der Waals surface area contributed by atoms with Crippen LogP contribution in [-0.4, -0.2) is 55.5 Å². The van der Waals surface area contributed by atoms with Crippen LogP contribution < -0.4 is 0 Å². The molecule has 4 nitrogen and oxygen atoms in total. The van der Waals surface area contributed by atoms with Gasteiger partial charge in [-0.05, 0) is 46.1 Å². The van der Waals surface area contributed by atoms with Gasteiger partial charge in [-0.25, -0.2) is 0 Å². The standard InChI is InChI=1S/C21H34N2O2/c1-6-20(24)25-21(19-11-8-7-9-12-19)15-18(3)23(16-17(21)2)14-10-13-22(4)5/h7-9,11-12,17-18H,6,10,13-16H2,1-5H3. The Labute approximate surface area is 153 Å². The Kier molecular flexibility index (Phi) is 7.03. The van der Waals surface area contributed by atoms with Crippen molar-refractivity contribution in [3.05, 3.63) is 35.9 Å². The van der Waals surface area contributed by atoms with Gasteiger partial charge in [-0.15, -0.1) is 0 Å². The molecule has 1 heterocycles. The van der Waals surface area contributed by atoms with Crippen molar-refractivity contribution in [1.82, 2.24) is 9.80 Å². The van der Waals surface area contributed by atoms with Gasteiger partial charge < -0.3 is 14.5 Å². The molecule has 2 rings (SSSR count). The first-order valence-corrected chi connectivity index (χ1v) is 9.55. The highest BCUT2D eigenvalue weighted by molar-refractivity contribution is 5.69. The van der Waals surface area contributed by atoms with Crippen LogP contribution in [0.25, 0.3) is 0 Å². The normalized spacial score (nSPS) is 27.4. The number of benzene rings is 1. The van der Waals surface area contributed by atoms with Crippen LogP contribution >= 0.6 is 0 Å². The van der Waals surface area contributed by atoms with Crippen molar-refractivity contribution in [1.29, 1.82) is 0 Å². The number of hydrogen-bond donors (Lipinski definition) is 0. The molecule has 1 fully saturated rings. The van der Waals surface area contributed by atoms with E-state index >= 15 is 0 Å². The Balaban J connectivity index is 2.19. The summed E-state index contributed by atoms with van der Waals surface area (Å²) in [6.45, 7) is 9.51. The second-order valence-corrected chi connectivity index (χ2v) is 7.69. The topological polar surface area (TPSA) is 32.8 Å². The lowest BCUT2D eigenvalue weighted by Gasteiger charge is -2.49. The molecule has 0 spiro atoms. The SMILES string of the molecule is CCC(=O)OC1(c2ccccc2)CC(C)N(CCCN(C)C)CC1C. The quantitative estimate of drug-likeness (QED) is 0.707.